The molecule has 7 rings (SSSR count). The van der Waals surface area contributed by atoms with Crippen molar-refractivity contribution in [2.45, 2.75) is 44.6 Å². The predicted molar refractivity (Wildman–Crippen MR) is 202 cm³/mol. The lowest BCUT2D eigenvalue weighted by Gasteiger charge is -2.37. The lowest BCUT2D eigenvalue weighted by atomic mass is 10.1. The fourth-order valence-electron chi connectivity index (χ4n) is 6.51. The zero-order valence-corrected chi connectivity index (χ0v) is 30.3. The molecule has 1 aromatic heterocycles. The molecule has 3 aromatic carbocycles. The maximum atomic E-state index is 15.1. The lowest BCUT2D eigenvalue weighted by molar-refractivity contribution is -0.0602. The Kier molecular flexibility index (Phi) is 13.2. The number of hydrogen-bond donors (Lipinski definition) is 2. The minimum atomic E-state index is -0.456. The van der Waals surface area contributed by atoms with Crippen LogP contribution in [0.25, 0.3) is 5.69 Å². The van der Waals surface area contributed by atoms with Crippen molar-refractivity contribution in [1.82, 2.24) is 19.8 Å². The molecule has 12 nitrogen and oxygen atoms in total. The first kappa shape index (κ1) is 37.3. The fourth-order valence-corrected chi connectivity index (χ4v) is 6.95. The molecule has 276 valence electrons. The van der Waals surface area contributed by atoms with E-state index in [2.05, 4.69) is 25.4 Å². The summed E-state index contributed by atoms with van der Waals surface area (Å²) in [7, 11) is 0. The highest BCUT2D eigenvalue weighted by atomic mass is 35.5. The van der Waals surface area contributed by atoms with Gasteiger partial charge in [0.2, 0.25) is 0 Å². The van der Waals surface area contributed by atoms with Gasteiger partial charge in [-0.2, -0.15) is 10.2 Å². The molecule has 2 unspecified atom stereocenters. The molecule has 1 saturated carbocycles. The lowest BCUT2D eigenvalue weighted by Crippen LogP contribution is -2.46. The third-order valence-corrected chi connectivity index (χ3v) is 9.68. The first-order valence-electron chi connectivity index (χ1n) is 17.5. The first-order chi connectivity index (χ1) is 25.4. The molecule has 4 aromatic rings. The smallest absolute Gasteiger partial charge is 0.350 e. The number of piperazine rings is 1. The van der Waals surface area contributed by atoms with Crippen molar-refractivity contribution in [3.63, 3.8) is 0 Å². The highest BCUT2D eigenvalue weighted by Gasteiger charge is 2.27. The number of halogens is 3. The van der Waals surface area contributed by atoms with Crippen molar-refractivity contribution in [2.75, 3.05) is 55.7 Å². The zero-order valence-electron chi connectivity index (χ0n) is 28.8. The van der Waals surface area contributed by atoms with Gasteiger partial charge in [0.25, 0.3) is 0 Å². The van der Waals surface area contributed by atoms with E-state index in [0.717, 1.165) is 30.7 Å². The Bertz CT molecular complexity index is 1820. The number of rotatable bonds is 12. The first-order valence-corrected chi connectivity index (χ1v) is 18.2. The van der Waals surface area contributed by atoms with Crippen LogP contribution < -0.4 is 25.7 Å². The van der Waals surface area contributed by atoms with E-state index in [-0.39, 0.29) is 24.2 Å². The Morgan fingerprint density at radius 2 is 1.69 bits per heavy atom. The molecule has 0 bridgehead atoms. The number of benzene rings is 3. The SMILES string of the molecule is Clc1cccc(Cl)c1.N=C/C=N\NCC1OCC(COc2ccc(N3CCN(c4ccc(-n5cnn(CC6CCCC6)c5=O)cc4)CC3)c(F)c2)O1. The normalized spacial score (nSPS) is 19.1. The van der Waals surface area contributed by atoms with Gasteiger partial charge < -0.3 is 34.8 Å². The number of anilines is 2. The Morgan fingerprint density at radius 1 is 0.981 bits per heavy atom. The summed E-state index contributed by atoms with van der Waals surface area (Å²) in [6.07, 6.45) is 8.12. The molecule has 1 aliphatic carbocycles. The van der Waals surface area contributed by atoms with Gasteiger partial charge in [-0.15, -0.1) is 0 Å². The Hall–Kier alpha value is -4.43. The molecule has 52 heavy (non-hydrogen) atoms. The van der Waals surface area contributed by atoms with Crippen molar-refractivity contribution in [3.05, 3.63) is 99.4 Å². The van der Waals surface area contributed by atoms with Crippen molar-refractivity contribution in [2.24, 2.45) is 11.0 Å². The van der Waals surface area contributed by atoms with Crippen LogP contribution in [0.2, 0.25) is 10.0 Å². The molecule has 3 aliphatic rings. The minimum Gasteiger partial charge on any atom is -0.491 e. The highest BCUT2D eigenvalue weighted by molar-refractivity contribution is 6.34. The van der Waals surface area contributed by atoms with Gasteiger partial charge in [-0.3, -0.25) is 0 Å². The van der Waals surface area contributed by atoms with Crippen LogP contribution in [0.1, 0.15) is 25.7 Å². The molecule has 0 spiro atoms. The van der Waals surface area contributed by atoms with E-state index >= 15 is 4.39 Å². The van der Waals surface area contributed by atoms with Crippen LogP contribution in [0.5, 0.6) is 5.75 Å². The molecule has 0 amide bonds. The monoisotopic (exact) mass is 752 g/mol. The van der Waals surface area contributed by atoms with Crippen molar-refractivity contribution >= 4 is 47.0 Å². The second-order valence-electron chi connectivity index (χ2n) is 12.8. The van der Waals surface area contributed by atoms with Crippen LogP contribution in [-0.2, 0) is 16.0 Å². The summed E-state index contributed by atoms with van der Waals surface area (Å²) in [6.45, 7) is 4.52. The van der Waals surface area contributed by atoms with E-state index in [1.165, 1.54) is 38.0 Å². The molecule has 2 aliphatic heterocycles. The summed E-state index contributed by atoms with van der Waals surface area (Å²) >= 11 is 11.1. The number of ether oxygens (including phenoxy) is 3. The molecule has 3 heterocycles. The van der Waals surface area contributed by atoms with Gasteiger partial charge in [0.15, 0.2) is 6.29 Å². The van der Waals surface area contributed by atoms with Crippen LogP contribution in [0, 0.1) is 17.1 Å². The summed E-state index contributed by atoms with van der Waals surface area (Å²) in [6, 6.07) is 20.0. The maximum absolute atomic E-state index is 15.1. The molecule has 15 heteroatoms. The second kappa shape index (κ2) is 18.4. The van der Waals surface area contributed by atoms with Gasteiger partial charge in [-0.25, -0.2) is 18.4 Å². The van der Waals surface area contributed by atoms with Gasteiger partial charge in [0.05, 0.1) is 30.7 Å². The second-order valence-corrected chi connectivity index (χ2v) is 13.7. The molecular formula is C37H43Cl2FN8O4. The van der Waals surface area contributed by atoms with Gasteiger partial charge in [-0.05, 0) is 73.4 Å². The number of nitrogens with one attached hydrogen (secondary N) is 2. The number of hydrazone groups is 1. The number of aromatic nitrogens is 3. The van der Waals surface area contributed by atoms with Crippen molar-refractivity contribution < 1.29 is 18.6 Å². The average molecular weight is 754 g/mol. The van der Waals surface area contributed by atoms with Crippen LogP contribution >= 0.6 is 23.2 Å². The van der Waals surface area contributed by atoms with E-state index < -0.39 is 6.29 Å². The maximum Gasteiger partial charge on any atom is 0.350 e. The molecule has 2 N–H and O–H groups in total. The van der Waals surface area contributed by atoms with E-state index in [9.17, 15) is 4.79 Å². The third kappa shape index (κ3) is 10.1. The average Bonchev–Trinajstić information content (AvgIpc) is 3.92. The number of hydrogen-bond acceptors (Lipinski definition) is 10. The molecule has 0 radical (unpaired) electrons. The van der Waals surface area contributed by atoms with E-state index in [4.69, 9.17) is 42.8 Å². The Balaban J connectivity index is 0.000000514. The Morgan fingerprint density at radius 3 is 2.37 bits per heavy atom. The predicted octanol–water partition coefficient (Wildman–Crippen LogP) is 6.03. The van der Waals surface area contributed by atoms with Gasteiger partial charge in [-0.1, -0.05) is 42.1 Å². The van der Waals surface area contributed by atoms with Crippen molar-refractivity contribution in [1.29, 1.82) is 5.41 Å². The Labute approximate surface area is 312 Å². The summed E-state index contributed by atoms with van der Waals surface area (Å²) in [4.78, 5) is 17.2. The summed E-state index contributed by atoms with van der Waals surface area (Å²) in [5.74, 6) is 0.662. The zero-order chi connectivity index (χ0) is 36.3. The largest absolute Gasteiger partial charge is 0.491 e. The van der Waals surface area contributed by atoms with E-state index in [0.29, 0.717) is 60.2 Å². The molecule has 3 fully saturated rings. The number of nitrogens with zero attached hydrogens (tertiary/aromatic N) is 6. The molecule has 2 saturated heterocycles. The van der Waals surface area contributed by atoms with Gasteiger partial charge >= 0.3 is 5.69 Å². The van der Waals surface area contributed by atoms with Crippen molar-refractivity contribution in [3.8, 4) is 11.4 Å². The quantitative estimate of drug-likeness (QED) is 0.133. The van der Waals surface area contributed by atoms with Gasteiger partial charge in [0, 0.05) is 60.7 Å². The van der Waals surface area contributed by atoms with Crippen LogP contribution in [0.4, 0.5) is 15.8 Å². The summed E-state index contributed by atoms with van der Waals surface area (Å²) in [5.41, 5.74) is 5.08. The molecular weight excluding hydrogens is 710 g/mol. The van der Waals surface area contributed by atoms with Crippen LogP contribution in [-0.4, -0.2) is 85.1 Å². The van der Waals surface area contributed by atoms with Crippen LogP contribution in [0.15, 0.2) is 83.0 Å². The fraction of sp³-hybridized carbons (Fsp3) is 0.405. The third-order valence-electron chi connectivity index (χ3n) is 9.20. The topological polar surface area (TPSA) is 122 Å². The summed E-state index contributed by atoms with van der Waals surface area (Å²) in [5, 5.41) is 16.4. The summed E-state index contributed by atoms with van der Waals surface area (Å²) < 4.78 is 35.4. The minimum absolute atomic E-state index is 0.0959. The van der Waals surface area contributed by atoms with E-state index in [1.807, 2.05) is 30.3 Å². The van der Waals surface area contributed by atoms with Crippen LogP contribution in [0.3, 0.4) is 0 Å². The molecule has 2 atom stereocenters. The standard InChI is InChI=1S/C31H39FN8O4.C6H4Cl2/c32-28-17-26(42-20-27-21-43-30(44-27)18-35-34-12-11-33)9-10-29(28)38-15-13-37(14-16-38)24-5-7-25(8-6-24)39-22-36-40(31(39)41)19-23-3-1-2-4-23;7-5-2-1-3-6(8)4-5/h5-12,17,22-23,27,30,33,35H,1-4,13-16,18-21H2;1-4H/b33-11?,34-12-;. The highest BCUT2D eigenvalue weighted by Crippen LogP contribution is 2.28. The van der Waals surface area contributed by atoms with Gasteiger partial charge in [0.1, 0.15) is 30.6 Å². The van der Waals surface area contributed by atoms with E-state index in [1.54, 1.807) is 45.9 Å².